The number of aliphatic imine (C=N–C) groups is 1. The van der Waals surface area contributed by atoms with Gasteiger partial charge in [0.2, 0.25) is 0 Å². The van der Waals surface area contributed by atoms with Gasteiger partial charge in [-0.15, -0.1) is 0 Å². The van der Waals surface area contributed by atoms with Crippen molar-refractivity contribution in [3.63, 3.8) is 0 Å². The molecule has 2 aliphatic rings. The van der Waals surface area contributed by atoms with Crippen LogP contribution in [0.2, 0.25) is 0 Å². The van der Waals surface area contributed by atoms with E-state index in [-0.39, 0.29) is 17.3 Å². The van der Waals surface area contributed by atoms with Crippen molar-refractivity contribution in [2.45, 2.75) is 18.7 Å². The minimum absolute atomic E-state index is 0.0593. The molecule has 8 heteroatoms. The van der Waals surface area contributed by atoms with E-state index in [1.165, 1.54) is 13.2 Å². The molecule has 0 saturated heterocycles. The van der Waals surface area contributed by atoms with Crippen molar-refractivity contribution in [2.24, 2.45) is 4.99 Å². The van der Waals surface area contributed by atoms with E-state index in [4.69, 9.17) is 9.73 Å². The van der Waals surface area contributed by atoms with Gasteiger partial charge in [0.05, 0.1) is 25.1 Å². The van der Waals surface area contributed by atoms with E-state index in [9.17, 15) is 17.6 Å². The van der Waals surface area contributed by atoms with E-state index in [0.29, 0.717) is 23.4 Å². The van der Waals surface area contributed by atoms with E-state index >= 15 is 0 Å². The first-order valence-electron chi connectivity index (χ1n) is 10.6. The zero-order valence-corrected chi connectivity index (χ0v) is 19.5. The summed E-state index contributed by atoms with van der Waals surface area (Å²) in [7, 11) is 0.00943. The van der Waals surface area contributed by atoms with Crippen LogP contribution in [0.3, 0.4) is 0 Å². The molecule has 0 saturated carbocycles. The first kappa shape index (κ1) is 22.9. The molecule has 0 N–H and O–H groups in total. The molecule has 33 heavy (non-hydrogen) atoms. The minimum atomic E-state index is -3.22. The Morgan fingerprint density at radius 3 is 2.70 bits per heavy atom. The number of ether oxygens (including phenoxy) is 1. The molecule has 2 aliphatic heterocycles. The highest BCUT2D eigenvalue weighted by Crippen LogP contribution is 2.36. The predicted octanol–water partition coefficient (Wildman–Crippen LogP) is 3.40. The number of fused-ring (bicyclic) bond motifs is 3. The maximum atomic E-state index is 14.0. The Labute approximate surface area is 193 Å². The van der Waals surface area contributed by atoms with Crippen LogP contribution in [0.25, 0.3) is 5.57 Å². The number of hydrogen-bond donors (Lipinski definition) is 0. The molecule has 0 radical (unpaired) electrons. The van der Waals surface area contributed by atoms with Crippen LogP contribution in [0.15, 0.2) is 59.2 Å². The zero-order valence-electron chi connectivity index (χ0n) is 18.7. The average molecular weight is 469 g/mol. The Morgan fingerprint density at radius 2 is 2.00 bits per heavy atom. The van der Waals surface area contributed by atoms with Gasteiger partial charge in [-0.25, -0.2) is 12.8 Å². The molecule has 0 aliphatic carbocycles. The molecule has 0 fully saturated rings. The number of aldehydes is 1. The fraction of sp³-hybridized carbons (Fsp3) is 0.280. The van der Waals surface area contributed by atoms with Crippen molar-refractivity contribution >= 4 is 27.4 Å². The number of hydrogen-bond acceptors (Lipinski definition) is 6. The number of halogens is 1. The molecular weight excluding hydrogens is 443 g/mol. The Kier molecular flexibility index (Phi) is 6.21. The molecule has 0 spiro atoms. The molecule has 4 rings (SSSR count). The van der Waals surface area contributed by atoms with Crippen LogP contribution in [0, 0.1) is 5.82 Å². The summed E-state index contributed by atoms with van der Waals surface area (Å²) in [5.74, 6) is -0.357. The van der Waals surface area contributed by atoms with Gasteiger partial charge >= 0.3 is 0 Å². The first-order chi connectivity index (χ1) is 15.8. The normalized spacial score (nSPS) is 17.8. The van der Waals surface area contributed by atoms with E-state index in [1.54, 1.807) is 25.1 Å². The SMILES string of the molecule is CCS(=O)(=O)Cc1ccc2c(c1)C1=CN(C)C(C=O)C=C1CN=C2c1ccc(F)c(OC)c1. The third-order valence-electron chi connectivity index (χ3n) is 5.95. The standard InChI is InChI=1S/C25H25FN2O4S/c1-4-33(30,31)15-16-5-7-20-21(9-16)22-13-28(2)19(14-29)10-18(22)12-27-25(20)17-6-8-23(26)24(11-17)32-3/h5-11,13-14,19H,4,12,15H2,1-3H3. The van der Waals surface area contributed by atoms with Gasteiger partial charge < -0.3 is 14.4 Å². The lowest BCUT2D eigenvalue weighted by Crippen LogP contribution is -2.30. The predicted molar refractivity (Wildman–Crippen MR) is 127 cm³/mol. The van der Waals surface area contributed by atoms with Gasteiger partial charge in [0.15, 0.2) is 21.4 Å². The fourth-order valence-corrected chi connectivity index (χ4v) is 4.96. The number of sulfone groups is 1. The molecule has 6 nitrogen and oxygen atoms in total. The van der Waals surface area contributed by atoms with Gasteiger partial charge in [-0.1, -0.05) is 19.1 Å². The molecule has 2 aromatic rings. The molecule has 1 unspecified atom stereocenters. The molecule has 172 valence electrons. The van der Waals surface area contributed by atoms with Crippen LogP contribution in [-0.4, -0.2) is 57.8 Å². The van der Waals surface area contributed by atoms with Crippen molar-refractivity contribution in [3.05, 3.63) is 82.3 Å². The van der Waals surface area contributed by atoms with Crippen molar-refractivity contribution in [1.29, 1.82) is 0 Å². The fourth-order valence-electron chi connectivity index (χ4n) is 4.07. The summed E-state index contributed by atoms with van der Waals surface area (Å²) in [6, 6.07) is 9.71. The number of carbonyl (C=O) groups excluding carboxylic acids is 1. The summed E-state index contributed by atoms with van der Waals surface area (Å²) in [4.78, 5) is 18.2. The van der Waals surface area contributed by atoms with E-state index < -0.39 is 21.7 Å². The minimum Gasteiger partial charge on any atom is -0.494 e. The van der Waals surface area contributed by atoms with Gasteiger partial charge in [0.25, 0.3) is 0 Å². The lowest BCUT2D eigenvalue weighted by atomic mass is 9.88. The number of likely N-dealkylation sites (N-methyl/N-ethyl adjacent to an activating group) is 1. The number of nitrogens with zero attached hydrogens (tertiary/aromatic N) is 2. The highest BCUT2D eigenvalue weighted by Gasteiger charge is 2.27. The van der Waals surface area contributed by atoms with Crippen LogP contribution >= 0.6 is 0 Å². The third kappa shape index (κ3) is 4.48. The Bertz CT molecular complexity index is 1310. The van der Waals surface area contributed by atoms with Crippen molar-refractivity contribution in [1.82, 2.24) is 4.90 Å². The zero-order chi connectivity index (χ0) is 23.8. The summed E-state index contributed by atoms with van der Waals surface area (Å²) in [6.45, 7) is 1.96. The molecule has 2 heterocycles. The smallest absolute Gasteiger partial charge is 0.165 e. The topological polar surface area (TPSA) is 76.0 Å². The second-order valence-electron chi connectivity index (χ2n) is 8.10. The summed E-state index contributed by atoms with van der Waals surface area (Å²) in [5.41, 5.74) is 5.39. The van der Waals surface area contributed by atoms with Crippen molar-refractivity contribution < 1.29 is 22.3 Å². The van der Waals surface area contributed by atoms with Gasteiger partial charge in [0, 0.05) is 35.7 Å². The maximum absolute atomic E-state index is 14.0. The molecule has 1 atom stereocenters. The van der Waals surface area contributed by atoms with Crippen LogP contribution < -0.4 is 4.74 Å². The van der Waals surface area contributed by atoms with Crippen molar-refractivity contribution in [2.75, 3.05) is 26.5 Å². The maximum Gasteiger partial charge on any atom is 0.165 e. The van der Waals surface area contributed by atoms with Crippen LogP contribution in [0.5, 0.6) is 5.75 Å². The van der Waals surface area contributed by atoms with Gasteiger partial charge in [-0.3, -0.25) is 4.99 Å². The van der Waals surface area contributed by atoms with Crippen LogP contribution in [0.1, 0.15) is 29.2 Å². The second-order valence-corrected chi connectivity index (χ2v) is 10.5. The quantitative estimate of drug-likeness (QED) is 0.608. The lowest BCUT2D eigenvalue weighted by Gasteiger charge is -2.27. The molecular formula is C25H25FN2O4S. The Morgan fingerprint density at radius 1 is 1.21 bits per heavy atom. The third-order valence-corrected chi connectivity index (χ3v) is 7.60. The average Bonchev–Trinajstić information content (AvgIpc) is 2.95. The molecule has 2 aromatic carbocycles. The summed E-state index contributed by atoms with van der Waals surface area (Å²) >= 11 is 0. The lowest BCUT2D eigenvalue weighted by molar-refractivity contribution is -0.110. The first-order valence-corrected chi connectivity index (χ1v) is 12.4. The van der Waals surface area contributed by atoms with E-state index in [1.807, 2.05) is 36.4 Å². The van der Waals surface area contributed by atoms with E-state index in [2.05, 4.69) is 0 Å². The summed E-state index contributed by atoms with van der Waals surface area (Å²) in [5, 5.41) is 0. The summed E-state index contributed by atoms with van der Waals surface area (Å²) in [6.07, 6.45) is 4.64. The Balaban J connectivity index is 1.92. The molecule has 0 amide bonds. The highest BCUT2D eigenvalue weighted by atomic mass is 32.2. The second kappa shape index (κ2) is 8.94. The number of carbonyl (C=O) groups is 1. The molecule has 0 bridgehead atoms. The highest BCUT2D eigenvalue weighted by molar-refractivity contribution is 7.90. The number of rotatable bonds is 6. The molecule has 0 aromatic heterocycles. The van der Waals surface area contributed by atoms with Gasteiger partial charge in [-0.05, 0) is 47.0 Å². The van der Waals surface area contributed by atoms with Gasteiger partial charge in [-0.2, -0.15) is 0 Å². The summed E-state index contributed by atoms with van der Waals surface area (Å²) < 4.78 is 43.7. The van der Waals surface area contributed by atoms with Crippen LogP contribution in [0.4, 0.5) is 4.39 Å². The largest absolute Gasteiger partial charge is 0.494 e. The number of methoxy groups -OCH3 is 1. The van der Waals surface area contributed by atoms with E-state index in [0.717, 1.165) is 28.6 Å². The monoisotopic (exact) mass is 468 g/mol. The number of benzene rings is 2. The van der Waals surface area contributed by atoms with Crippen molar-refractivity contribution in [3.8, 4) is 5.75 Å². The van der Waals surface area contributed by atoms with Gasteiger partial charge in [0.1, 0.15) is 12.3 Å². The Hall–Kier alpha value is -3.26. The van der Waals surface area contributed by atoms with Crippen LogP contribution in [-0.2, 0) is 20.4 Å².